The van der Waals surface area contributed by atoms with E-state index >= 15 is 0 Å². The van der Waals surface area contributed by atoms with Crippen LogP contribution in [0.25, 0.3) is 0 Å². The van der Waals surface area contributed by atoms with E-state index in [4.69, 9.17) is 0 Å². The van der Waals surface area contributed by atoms with Gasteiger partial charge >= 0.3 is 0 Å². The highest BCUT2D eigenvalue weighted by atomic mass is 19.1. The minimum Gasteiger partial charge on any atom is -0.508 e. The van der Waals surface area contributed by atoms with Gasteiger partial charge in [-0.05, 0) is 104 Å². The molecule has 37 heavy (non-hydrogen) atoms. The Kier molecular flexibility index (Phi) is 8.32. The molecule has 2 aliphatic rings. The van der Waals surface area contributed by atoms with Crippen LogP contribution in [0.3, 0.4) is 0 Å². The molecule has 3 aromatic rings. The lowest BCUT2D eigenvalue weighted by molar-refractivity contribution is 0.0961. The number of hydrogen-bond acceptors (Lipinski definition) is 4. The molecule has 2 heterocycles. The average Bonchev–Trinajstić information content (AvgIpc) is 3.12. The van der Waals surface area contributed by atoms with Gasteiger partial charge in [0.2, 0.25) is 0 Å². The molecule has 1 N–H and O–H groups in total. The third-order valence-corrected chi connectivity index (χ3v) is 8.07. The molecule has 0 amide bonds. The van der Waals surface area contributed by atoms with Crippen molar-refractivity contribution in [3.63, 3.8) is 0 Å². The SMILES string of the molecule is O=C(CCC1CCN(Cc2ccc(F)cc2)CC1)c1ccc2c(c1)CCN(Cc1ccc(O)cc1)CC2. The first-order chi connectivity index (χ1) is 18.0. The standard InChI is InChI=1S/C32H37FN2O2/c33-30-8-1-25(2-9-30)22-34-17-13-24(14-18-34)5-12-32(37)29-7-6-27-15-19-35(20-16-28(27)21-29)23-26-3-10-31(36)11-4-26/h1-4,6-11,21,24,36H,5,12-20,22-23H2. The van der Waals surface area contributed by atoms with Gasteiger partial charge in [-0.25, -0.2) is 4.39 Å². The van der Waals surface area contributed by atoms with E-state index in [-0.39, 0.29) is 11.6 Å². The van der Waals surface area contributed by atoms with Crippen LogP contribution in [0, 0.1) is 11.7 Å². The fraction of sp³-hybridized carbons (Fsp3) is 0.406. The van der Waals surface area contributed by atoms with Gasteiger partial charge in [0, 0.05) is 38.2 Å². The molecule has 1 fully saturated rings. The van der Waals surface area contributed by atoms with Crippen LogP contribution in [0.1, 0.15) is 58.3 Å². The summed E-state index contributed by atoms with van der Waals surface area (Å²) in [5.41, 5.74) is 5.90. The Morgan fingerprint density at radius 2 is 1.38 bits per heavy atom. The Morgan fingerprint density at radius 1 is 0.784 bits per heavy atom. The van der Waals surface area contributed by atoms with Gasteiger partial charge in [-0.3, -0.25) is 14.6 Å². The van der Waals surface area contributed by atoms with E-state index in [2.05, 4.69) is 21.9 Å². The van der Waals surface area contributed by atoms with Gasteiger partial charge < -0.3 is 5.11 Å². The third-order valence-electron chi connectivity index (χ3n) is 8.07. The number of phenols is 1. The number of Topliss-reactive ketones (excluding diaryl/α,β-unsaturated/α-hetero) is 1. The molecule has 0 bridgehead atoms. The summed E-state index contributed by atoms with van der Waals surface area (Å²) >= 11 is 0. The summed E-state index contributed by atoms with van der Waals surface area (Å²) in [5.74, 6) is 0.982. The Labute approximate surface area is 219 Å². The minimum atomic E-state index is -0.186. The predicted molar refractivity (Wildman–Crippen MR) is 145 cm³/mol. The van der Waals surface area contributed by atoms with Crippen LogP contribution in [0.15, 0.2) is 66.7 Å². The number of ketones is 1. The summed E-state index contributed by atoms with van der Waals surface area (Å²) in [4.78, 5) is 17.9. The van der Waals surface area contributed by atoms with E-state index in [9.17, 15) is 14.3 Å². The van der Waals surface area contributed by atoms with E-state index in [0.717, 1.165) is 82.5 Å². The van der Waals surface area contributed by atoms with Crippen molar-refractivity contribution in [2.45, 2.75) is 51.6 Å². The quantitative estimate of drug-likeness (QED) is 0.385. The van der Waals surface area contributed by atoms with Crippen LogP contribution in [0.2, 0.25) is 0 Å². The first kappa shape index (κ1) is 25.6. The van der Waals surface area contributed by atoms with Crippen molar-refractivity contribution in [3.05, 3.63) is 100 Å². The van der Waals surface area contributed by atoms with E-state index in [1.165, 1.54) is 28.8 Å². The van der Waals surface area contributed by atoms with Crippen LogP contribution in [-0.4, -0.2) is 46.9 Å². The first-order valence-corrected chi connectivity index (χ1v) is 13.6. The number of likely N-dealkylation sites (tertiary alicyclic amines) is 1. The summed E-state index contributed by atoms with van der Waals surface area (Å²) in [6, 6.07) is 20.6. The fourth-order valence-corrected chi connectivity index (χ4v) is 5.72. The maximum absolute atomic E-state index is 13.1. The number of rotatable bonds is 8. The molecule has 5 rings (SSSR count). The molecule has 0 unspecified atom stereocenters. The number of piperidine rings is 1. The predicted octanol–water partition coefficient (Wildman–Crippen LogP) is 6.01. The second kappa shape index (κ2) is 12.0. The Hall–Kier alpha value is -3.02. The Bertz CT molecular complexity index is 1180. The molecule has 0 spiro atoms. The van der Waals surface area contributed by atoms with E-state index in [1.807, 2.05) is 30.3 Å². The number of nitrogens with zero attached hydrogens (tertiary/aromatic N) is 2. The van der Waals surface area contributed by atoms with Crippen molar-refractivity contribution in [1.82, 2.24) is 9.80 Å². The molecule has 0 aliphatic carbocycles. The fourth-order valence-electron chi connectivity index (χ4n) is 5.72. The van der Waals surface area contributed by atoms with E-state index < -0.39 is 0 Å². The van der Waals surface area contributed by atoms with E-state index in [0.29, 0.717) is 18.1 Å². The van der Waals surface area contributed by atoms with Crippen LogP contribution in [-0.2, 0) is 25.9 Å². The topological polar surface area (TPSA) is 43.8 Å². The number of aromatic hydroxyl groups is 1. The van der Waals surface area contributed by atoms with Crippen molar-refractivity contribution in [3.8, 4) is 5.75 Å². The molecule has 1 saturated heterocycles. The molecule has 2 aliphatic heterocycles. The molecular weight excluding hydrogens is 463 g/mol. The van der Waals surface area contributed by atoms with Crippen LogP contribution in [0.5, 0.6) is 5.75 Å². The van der Waals surface area contributed by atoms with Crippen molar-refractivity contribution in [2.24, 2.45) is 5.92 Å². The van der Waals surface area contributed by atoms with Crippen LogP contribution in [0.4, 0.5) is 4.39 Å². The maximum Gasteiger partial charge on any atom is 0.162 e. The zero-order valence-electron chi connectivity index (χ0n) is 21.5. The number of carbonyl (C=O) groups excluding carboxylic acids is 1. The van der Waals surface area contributed by atoms with E-state index in [1.54, 1.807) is 12.1 Å². The van der Waals surface area contributed by atoms with Crippen LogP contribution < -0.4 is 0 Å². The zero-order chi connectivity index (χ0) is 25.6. The monoisotopic (exact) mass is 500 g/mol. The summed E-state index contributed by atoms with van der Waals surface area (Å²) in [6.07, 6.45) is 5.78. The highest BCUT2D eigenvalue weighted by Gasteiger charge is 2.21. The largest absolute Gasteiger partial charge is 0.508 e. The number of fused-ring (bicyclic) bond motifs is 1. The van der Waals surface area contributed by atoms with Crippen molar-refractivity contribution < 1.29 is 14.3 Å². The van der Waals surface area contributed by atoms with Gasteiger partial charge in [0.1, 0.15) is 11.6 Å². The van der Waals surface area contributed by atoms with Gasteiger partial charge in [0.25, 0.3) is 0 Å². The number of benzene rings is 3. The second-order valence-corrected chi connectivity index (χ2v) is 10.7. The van der Waals surface area contributed by atoms with Gasteiger partial charge in [-0.15, -0.1) is 0 Å². The lowest BCUT2D eigenvalue weighted by Gasteiger charge is -2.32. The Morgan fingerprint density at radius 3 is 2.05 bits per heavy atom. The van der Waals surface area contributed by atoms with Gasteiger partial charge in [-0.1, -0.05) is 36.4 Å². The lowest BCUT2D eigenvalue weighted by atomic mass is 9.89. The number of hydrogen-bond donors (Lipinski definition) is 1. The average molecular weight is 501 g/mol. The number of phenolic OH excluding ortho intramolecular Hbond substituents is 1. The molecular formula is C32H37FN2O2. The van der Waals surface area contributed by atoms with Gasteiger partial charge in [0.15, 0.2) is 5.78 Å². The van der Waals surface area contributed by atoms with Crippen molar-refractivity contribution >= 4 is 5.78 Å². The van der Waals surface area contributed by atoms with Crippen LogP contribution >= 0.6 is 0 Å². The van der Waals surface area contributed by atoms with Gasteiger partial charge in [-0.2, -0.15) is 0 Å². The molecule has 0 saturated carbocycles. The summed E-state index contributed by atoms with van der Waals surface area (Å²) in [7, 11) is 0. The Balaban J connectivity index is 1.08. The third kappa shape index (κ3) is 7.06. The summed E-state index contributed by atoms with van der Waals surface area (Å²) in [5, 5.41) is 9.52. The molecule has 3 aromatic carbocycles. The molecule has 0 aromatic heterocycles. The zero-order valence-corrected chi connectivity index (χ0v) is 21.5. The molecule has 0 radical (unpaired) electrons. The molecule has 4 nitrogen and oxygen atoms in total. The van der Waals surface area contributed by atoms with Gasteiger partial charge in [0.05, 0.1) is 0 Å². The lowest BCUT2D eigenvalue weighted by Crippen LogP contribution is -2.33. The normalized spacial score (nSPS) is 17.3. The first-order valence-electron chi connectivity index (χ1n) is 13.6. The van der Waals surface area contributed by atoms with Crippen molar-refractivity contribution in [1.29, 1.82) is 0 Å². The highest BCUT2D eigenvalue weighted by Crippen LogP contribution is 2.25. The number of carbonyl (C=O) groups is 1. The second-order valence-electron chi connectivity index (χ2n) is 10.7. The molecule has 194 valence electrons. The highest BCUT2D eigenvalue weighted by molar-refractivity contribution is 5.96. The smallest absolute Gasteiger partial charge is 0.162 e. The maximum atomic E-state index is 13.1. The molecule has 0 atom stereocenters. The summed E-state index contributed by atoms with van der Waals surface area (Å²) in [6.45, 7) is 5.80. The minimum absolute atomic E-state index is 0.186. The molecule has 5 heteroatoms. The number of halogens is 1. The summed E-state index contributed by atoms with van der Waals surface area (Å²) < 4.78 is 13.1. The van der Waals surface area contributed by atoms with Crippen molar-refractivity contribution in [2.75, 3.05) is 26.2 Å².